The van der Waals surface area contributed by atoms with Crippen molar-refractivity contribution in [3.63, 3.8) is 0 Å². The van der Waals surface area contributed by atoms with Crippen LogP contribution in [0.15, 0.2) is 0 Å². The standard InChI is InChI=1S/C14H29F3N2/c1-6-7-13(9-18-8-11(2)3)19(12(4)5)10-14(15,16)17/h11-13,18H,6-10H2,1-5H3. The minimum atomic E-state index is -4.13. The maximum Gasteiger partial charge on any atom is 0.401 e. The Kier molecular flexibility index (Phi) is 8.66. The van der Waals surface area contributed by atoms with Crippen molar-refractivity contribution >= 4 is 0 Å². The summed E-state index contributed by atoms with van der Waals surface area (Å²) in [6, 6.07) is -0.149. The van der Waals surface area contributed by atoms with E-state index in [2.05, 4.69) is 19.2 Å². The highest BCUT2D eigenvalue weighted by molar-refractivity contribution is 4.79. The summed E-state index contributed by atoms with van der Waals surface area (Å²) < 4.78 is 38.0. The Morgan fingerprint density at radius 2 is 1.63 bits per heavy atom. The minimum Gasteiger partial charge on any atom is -0.315 e. The summed E-state index contributed by atoms with van der Waals surface area (Å²) in [5, 5.41) is 3.28. The van der Waals surface area contributed by atoms with Crippen molar-refractivity contribution in [3.8, 4) is 0 Å². The molecule has 1 N–H and O–H groups in total. The first-order chi connectivity index (χ1) is 8.67. The molecule has 0 aliphatic carbocycles. The quantitative estimate of drug-likeness (QED) is 0.694. The first kappa shape index (κ1) is 18.7. The van der Waals surface area contributed by atoms with Gasteiger partial charge in [0.25, 0.3) is 0 Å². The molecule has 0 aromatic heterocycles. The van der Waals surface area contributed by atoms with Gasteiger partial charge in [0.15, 0.2) is 0 Å². The molecular weight excluding hydrogens is 253 g/mol. The molecule has 0 saturated heterocycles. The van der Waals surface area contributed by atoms with Crippen molar-refractivity contribution in [3.05, 3.63) is 0 Å². The number of nitrogens with one attached hydrogen (secondary N) is 1. The van der Waals surface area contributed by atoms with Crippen LogP contribution in [0, 0.1) is 5.92 Å². The zero-order valence-electron chi connectivity index (χ0n) is 12.8. The van der Waals surface area contributed by atoms with Gasteiger partial charge < -0.3 is 5.32 Å². The lowest BCUT2D eigenvalue weighted by Crippen LogP contribution is -2.50. The van der Waals surface area contributed by atoms with Gasteiger partial charge in [-0.25, -0.2) is 0 Å². The van der Waals surface area contributed by atoms with Crippen molar-refractivity contribution in [2.24, 2.45) is 5.92 Å². The predicted octanol–water partition coefficient (Wildman–Crippen LogP) is 3.67. The predicted molar refractivity (Wildman–Crippen MR) is 74.3 cm³/mol. The smallest absolute Gasteiger partial charge is 0.315 e. The summed E-state index contributed by atoms with van der Waals surface area (Å²) in [5.41, 5.74) is 0. The summed E-state index contributed by atoms with van der Waals surface area (Å²) in [6.07, 6.45) is -2.44. The van der Waals surface area contributed by atoms with E-state index >= 15 is 0 Å². The molecule has 0 rings (SSSR count). The summed E-state index contributed by atoms with van der Waals surface area (Å²) in [6.45, 7) is 10.5. The fourth-order valence-corrected chi connectivity index (χ4v) is 2.20. The third kappa shape index (κ3) is 9.27. The van der Waals surface area contributed by atoms with Gasteiger partial charge in [0, 0.05) is 18.6 Å². The Morgan fingerprint density at radius 3 is 2.00 bits per heavy atom. The molecule has 2 nitrogen and oxygen atoms in total. The van der Waals surface area contributed by atoms with Gasteiger partial charge >= 0.3 is 6.18 Å². The molecule has 0 aliphatic heterocycles. The monoisotopic (exact) mass is 282 g/mol. The lowest BCUT2D eigenvalue weighted by Gasteiger charge is -2.35. The van der Waals surface area contributed by atoms with Crippen molar-refractivity contribution in [2.45, 2.75) is 65.7 Å². The van der Waals surface area contributed by atoms with E-state index in [-0.39, 0.29) is 12.1 Å². The highest BCUT2D eigenvalue weighted by Crippen LogP contribution is 2.21. The maximum atomic E-state index is 12.7. The second-order valence-corrected chi connectivity index (χ2v) is 5.88. The van der Waals surface area contributed by atoms with E-state index in [4.69, 9.17) is 0 Å². The average molecular weight is 282 g/mol. The van der Waals surface area contributed by atoms with Gasteiger partial charge in [0.1, 0.15) is 0 Å². The number of hydrogen-bond acceptors (Lipinski definition) is 2. The van der Waals surface area contributed by atoms with E-state index in [1.807, 2.05) is 20.8 Å². The van der Waals surface area contributed by atoms with E-state index in [0.29, 0.717) is 12.5 Å². The van der Waals surface area contributed by atoms with Crippen LogP contribution in [0.5, 0.6) is 0 Å². The van der Waals surface area contributed by atoms with Crippen LogP contribution in [-0.4, -0.2) is 42.8 Å². The van der Waals surface area contributed by atoms with Gasteiger partial charge in [-0.3, -0.25) is 4.90 Å². The fourth-order valence-electron chi connectivity index (χ4n) is 2.20. The van der Waals surface area contributed by atoms with Crippen LogP contribution in [0.25, 0.3) is 0 Å². The van der Waals surface area contributed by atoms with Crippen molar-refractivity contribution < 1.29 is 13.2 Å². The topological polar surface area (TPSA) is 15.3 Å². The van der Waals surface area contributed by atoms with Crippen molar-refractivity contribution in [2.75, 3.05) is 19.6 Å². The van der Waals surface area contributed by atoms with Crippen LogP contribution in [0.3, 0.4) is 0 Å². The Balaban J connectivity index is 4.57. The van der Waals surface area contributed by atoms with Gasteiger partial charge in [0.2, 0.25) is 0 Å². The number of halogens is 3. The summed E-state index contributed by atoms with van der Waals surface area (Å²) >= 11 is 0. The van der Waals surface area contributed by atoms with Gasteiger partial charge in [-0.15, -0.1) is 0 Å². The first-order valence-corrected chi connectivity index (χ1v) is 7.20. The highest BCUT2D eigenvalue weighted by Gasteiger charge is 2.34. The molecule has 0 fully saturated rings. The lowest BCUT2D eigenvalue weighted by molar-refractivity contribution is -0.155. The fraction of sp³-hybridized carbons (Fsp3) is 1.00. The molecule has 0 spiro atoms. The molecule has 5 heteroatoms. The molecule has 19 heavy (non-hydrogen) atoms. The zero-order chi connectivity index (χ0) is 15.1. The third-order valence-corrected chi connectivity index (χ3v) is 3.05. The van der Waals surface area contributed by atoms with Gasteiger partial charge in [-0.2, -0.15) is 13.2 Å². The average Bonchev–Trinajstić information content (AvgIpc) is 2.23. The number of hydrogen-bond donors (Lipinski definition) is 1. The molecule has 0 saturated carbocycles. The van der Waals surface area contributed by atoms with E-state index in [0.717, 1.165) is 19.4 Å². The Hall–Kier alpha value is -0.290. The zero-order valence-corrected chi connectivity index (χ0v) is 12.8. The molecule has 0 bridgehead atoms. The summed E-state index contributed by atoms with van der Waals surface area (Å²) in [7, 11) is 0. The van der Waals surface area contributed by atoms with Crippen LogP contribution >= 0.6 is 0 Å². The number of rotatable bonds is 9. The van der Waals surface area contributed by atoms with Crippen molar-refractivity contribution in [1.29, 1.82) is 0 Å². The first-order valence-electron chi connectivity index (χ1n) is 7.20. The normalized spacial score (nSPS) is 14.7. The summed E-state index contributed by atoms with van der Waals surface area (Å²) in [4.78, 5) is 1.57. The van der Waals surface area contributed by atoms with Crippen LogP contribution < -0.4 is 5.32 Å². The van der Waals surface area contributed by atoms with Crippen LogP contribution in [0.4, 0.5) is 13.2 Å². The number of nitrogens with zero attached hydrogens (tertiary/aromatic N) is 1. The molecule has 0 radical (unpaired) electrons. The van der Waals surface area contributed by atoms with Gasteiger partial charge in [-0.1, -0.05) is 27.2 Å². The molecule has 0 heterocycles. The Labute approximate surface area is 115 Å². The lowest BCUT2D eigenvalue weighted by atomic mass is 10.1. The molecule has 1 atom stereocenters. The van der Waals surface area contributed by atoms with E-state index in [1.54, 1.807) is 4.90 Å². The molecule has 0 aliphatic rings. The molecule has 0 amide bonds. The largest absolute Gasteiger partial charge is 0.401 e. The van der Waals surface area contributed by atoms with Crippen LogP contribution in [0.1, 0.15) is 47.5 Å². The van der Waals surface area contributed by atoms with Crippen molar-refractivity contribution in [1.82, 2.24) is 10.2 Å². The van der Waals surface area contributed by atoms with E-state index in [1.165, 1.54) is 0 Å². The molecule has 0 aromatic rings. The molecule has 116 valence electrons. The minimum absolute atomic E-state index is 0.0506. The molecule has 1 unspecified atom stereocenters. The van der Waals surface area contributed by atoms with Gasteiger partial charge in [-0.05, 0) is 32.7 Å². The Bertz CT molecular complexity index is 227. The third-order valence-electron chi connectivity index (χ3n) is 3.05. The van der Waals surface area contributed by atoms with Crippen LogP contribution in [0.2, 0.25) is 0 Å². The second-order valence-electron chi connectivity index (χ2n) is 5.88. The molecule has 0 aromatic carbocycles. The number of alkyl halides is 3. The SMILES string of the molecule is CCCC(CNCC(C)C)N(CC(F)(F)F)C(C)C. The van der Waals surface area contributed by atoms with E-state index < -0.39 is 12.7 Å². The van der Waals surface area contributed by atoms with E-state index in [9.17, 15) is 13.2 Å². The summed E-state index contributed by atoms with van der Waals surface area (Å²) in [5.74, 6) is 0.511. The van der Waals surface area contributed by atoms with Gasteiger partial charge in [0.05, 0.1) is 6.54 Å². The maximum absolute atomic E-state index is 12.7. The second kappa shape index (κ2) is 8.80. The molecular formula is C14H29F3N2. The Morgan fingerprint density at radius 1 is 1.05 bits per heavy atom. The highest BCUT2D eigenvalue weighted by atomic mass is 19.4. The van der Waals surface area contributed by atoms with Crippen LogP contribution in [-0.2, 0) is 0 Å².